The van der Waals surface area contributed by atoms with Crippen molar-refractivity contribution >= 4 is 0 Å². The highest BCUT2D eigenvalue weighted by Crippen LogP contribution is 2.28. The number of rotatable bonds is 0. The fourth-order valence-electron chi connectivity index (χ4n) is 1.74. The first-order chi connectivity index (χ1) is 5.41. The maximum Gasteiger partial charge on any atom is 0.0591 e. The lowest BCUT2D eigenvalue weighted by molar-refractivity contribution is 0.0574. The maximum atomic E-state index is 5.49. The van der Waals surface area contributed by atoms with E-state index in [1.54, 1.807) is 0 Å². The molecule has 0 aromatic rings. The molecule has 3 heteroatoms. The van der Waals surface area contributed by atoms with Crippen LogP contribution in [0, 0.1) is 5.41 Å². The minimum Gasteiger partial charge on any atom is -0.381 e. The first-order valence-corrected chi connectivity index (χ1v) is 4.28. The second kappa shape index (κ2) is 3.09. The zero-order valence-electron chi connectivity index (χ0n) is 6.77. The minimum atomic E-state index is 0.302. The topological polar surface area (TPSA) is 30.5 Å². The molecule has 1 atom stereocenters. The molecule has 64 valence electrons. The van der Waals surface area contributed by atoms with Crippen LogP contribution < -0.4 is 5.32 Å². The van der Waals surface area contributed by atoms with Gasteiger partial charge in [0, 0.05) is 25.1 Å². The molecule has 2 fully saturated rings. The molecule has 11 heavy (non-hydrogen) atoms. The Morgan fingerprint density at radius 3 is 2.64 bits per heavy atom. The van der Waals surface area contributed by atoms with Crippen LogP contribution in [0.1, 0.15) is 6.42 Å². The molecule has 2 heterocycles. The number of hydrogen-bond donors (Lipinski definition) is 1. The van der Waals surface area contributed by atoms with Crippen molar-refractivity contribution in [2.24, 2.45) is 5.41 Å². The first-order valence-electron chi connectivity index (χ1n) is 4.28. The number of hydrogen-bond acceptors (Lipinski definition) is 3. The van der Waals surface area contributed by atoms with Crippen LogP contribution in [0.2, 0.25) is 0 Å². The van der Waals surface area contributed by atoms with Gasteiger partial charge in [0.05, 0.1) is 19.8 Å². The van der Waals surface area contributed by atoms with Crippen LogP contribution in [0.5, 0.6) is 0 Å². The molecule has 0 saturated carbocycles. The summed E-state index contributed by atoms with van der Waals surface area (Å²) in [7, 11) is 0. The highest BCUT2D eigenvalue weighted by atomic mass is 16.5. The Kier molecular flexibility index (Phi) is 2.11. The largest absolute Gasteiger partial charge is 0.381 e. The van der Waals surface area contributed by atoms with Crippen LogP contribution >= 0.6 is 0 Å². The van der Waals surface area contributed by atoms with E-state index in [9.17, 15) is 0 Å². The molecule has 0 bridgehead atoms. The van der Waals surface area contributed by atoms with Crippen LogP contribution in [0.15, 0.2) is 0 Å². The van der Waals surface area contributed by atoms with Crippen LogP contribution in [-0.4, -0.2) is 39.5 Å². The van der Waals surface area contributed by atoms with Gasteiger partial charge in [-0.3, -0.25) is 0 Å². The second-order valence-corrected chi connectivity index (χ2v) is 3.53. The van der Waals surface area contributed by atoms with Gasteiger partial charge < -0.3 is 14.8 Å². The molecular formula is C8H15NO2. The molecule has 2 aliphatic heterocycles. The van der Waals surface area contributed by atoms with Gasteiger partial charge in [0.25, 0.3) is 0 Å². The number of ether oxygens (including phenoxy) is 2. The van der Waals surface area contributed by atoms with E-state index in [-0.39, 0.29) is 0 Å². The molecule has 2 saturated heterocycles. The summed E-state index contributed by atoms with van der Waals surface area (Å²) in [6.07, 6.45) is 1.15. The van der Waals surface area contributed by atoms with Gasteiger partial charge in [-0.25, -0.2) is 0 Å². The monoisotopic (exact) mass is 157 g/mol. The van der Waals surface area contributed by atoms with Crippen molar-refractivity contribution in [3.8, 4) is 0 Å². The van der Waals surface area contributed by atoms with E-state index in [0.717, 1.165) is 45.9 Å². The summed E-state index contributed by atoms with van der Waals surface area (Å²) in [4.78, 5) is 0. The standard InChI is InChI=1S/C8H15NO2/c1-3-10-6-8(1)5-9-2-4-11-7-8/h9H,1-7H2. The van der Waals surface area contributed by atoms with Crippen LogP contribution in [0.4, 0.5) is 0 Å². The molecule has 1 N–H and O–H groups in total. The Morgan fingerprint density at radius 1 is 1.09 bits per heavy atom. The zero-order chi connectivity index (χ0) is 7.57. The van der Waals surface area contributed by atoms with Crippen molar-refractivity contribution < 1.29 is 9.47 Å². The fourth-order valence-corrected chi connectivity index (χ4v) is 1.74. The zero-order valence-corrected chi connectivity index (χ0v) is 6.77. The lowest BCUT2D eigenvalue weighted by Gasteiger charge is -2.23. The van der Waals surface area contributed by atoms with Crippen molar-refractivity contribution in [3.63, 3.8) is 0 Å². The summed E-state index contributed by atoms with van der Waals surface area (Å²) in [6, 6.07) is 0. The molecular weight excluding hydrogens is 142 g/mol. The van der Waals surface area contributed by atoms with Gasteiger partial charge in [0.15, 0.2) is 0 Å². The molecule has 1 spiro atoms. The van der Waals surface area contributed by atoms with Crippen LogP contribution in [0.25, 0.3) is 0 Å². The van der Waals surface area contributed by atoms with E-state index < -0.39 is 0 Å². The summed E-state index contributed by atoms with van der Waals surface area (Å²) in [6.45, 7) is 5.56. The Balaban J connectivity index is 1.97. The van der Waals surface area contributed by atoms with Gasteiger partial charge >= 0.3 is 0 Å². The van der Waals surface area contributed by atoms with Crippen molar-refractivity contribution in [1.29, 1.82) is 0 Å². The third-order valence-corrected chi connectivity index (χ3v) is 2.52. The predicted molar refractivity (Wildman–Crippen MR) is 41.6 cm³/mol. The molecule has 0 amide bonds. The highest BCUT2D eigenvalue weighted by Gasteiger charge is 2.35. The summed E-state index contributed by atoms with van der Waals surface area (Å²) in [5.41, 5.74) is 0.302. The maximum absolute atomic E-state index is 5.49. The Bertz CT molecular complexity index is 122. The van der Waals surface area contributed by atoms with E-state index in [1.165, 1.54) is 0 Å². The normalized spacial score (nSPS) is 39.3. The van der Waals surface area contributed by atoms with Crippen molar-refractivity contribution in [1.82, 2.24) is 5.32 Å². The average molecular weight is 157 g/mol. The van der Waals surface area contributed by atoms with Crippen molar-refractivity contribution in [2.45, 2.75) is 6.42 Å². The summed E-state index contributed by atoms with van der Waals surface area (Å²) in [5, 5.41) is 3.38. The SMILES string of the molecule is C1COCC2(CCOC2)CN1. The minimum absolute atomic E-state index is 0.302. The van der Waals surface area contributed by atoms with Gasteiger partial charge in [-0.15, -0.1) is 0 Å². The van der Waals surface area contributed by atoms with Gasteiger partial charge in [-0.1, -0.05) is 0 Å². The third-order valence-electron chi connectivity index (χ3n) is 2.52. The van der Waals surface area contributed by atoms with Gasteiger partial charge in [-0.05, 0) is 6.42 Å². The van der Waals surface area contributed by atoms with Crippen LogP contribution in [0.3, 0.4) is 0 Å². The quantitative estimate of drug-likeness (QED) is 0.537. The summed E-state index contributed by atoms with van der Waals surface area (Å²) in [5.74, 6) is 0. The lowest BCUT2D eigenvalue weighted by Crippen LogP contribution is -2.35. The molecule has 3 nitrogen and oxygen atoms in total. The fraction of sp³-hybridized carbons (Fsp3) is 1.00. The van der Waals surface area contributed by atoms with E-state index in [1.807, 2.05) is 0 Å². The highest BCUT2D eigenvalue weighted by molar-refractivity contribution is 4.86. The molecule has 0 aromatic carbocycles. The van der Waals surface area contributed by atoms with Crippen molar-refractivity contribution in [3.05, 3.63) is 0 Å². The van der Waals surface area contributed by atoms with E-state index in [0.29, 0.717) is 5.41 Å². The average Bonchev–Trinajstić information content (AvgIpc) is 2.32. The predicted octanol–water partition coefficient (Wildman–Crippen LogP) is 0.0129. The van der Waals surface area contributed by atoms with E-state index in [4.69, 9.17) is 9.47 Å². The van der Waals surface area contributed by atoms with E-state index in [2.05, 4.69) is 5.32 Å². The Labute approximate surface area is 67.1 Å². The molecule has 0 radical (unpaired) electrons. The number of nitrogens with one attached hydrogen (secondary N) is 1. The molecule has 2 rings (SSSR count). The summed E-state index contributed by atoms with van der Waals surface area (Å²) < 4.78 is 10.9. The second-order valence-electron chi connectivity index (χ2n) is 3.53. The molecule has 0 aliphatic carbocycles. The first kappa shape index (κ1) is 7.53. The van der Waals surface area contributed by atoms with Gasteiger partial charge in [0.1, 0.15) is 0 Å². The Morgan fingerprint density at radius 2 is 1.91 bits per heavy atom. The molecule has 1 unspecified atom stereocenters. The lowest BCUT2D eigenvalue weighted by atomic mass is 9.88. The third kappa shape index (κ3) is 1.55. The molecule has 2 aliphatic rings. The van der Waals surface area contributed by atoms with Crippen molar-refractivity contribution in [2.75, 3.05) is 39.5 Å². The Hall–Kier alpha value is -0.120. The summed E-state index contributed by atoms with van der Waals surface area (Å²) >= 11 is 0. The molecule has 0 aromatic heterocycles. The van der Waals surface area contributed by atoms with Gasteiger partial charge in [0.2, 0.25) is 0 Å². The smallest absolute Gasteiger partial charge is 0.0591 e. The van der Waals surface area contributed by atoms with Crippen LogP contribution in [-0.2, 0) is 9.47 Å². The van der Waals surface area contributed by atoms with Gasteiger partial charge in [-0.2, -0.15) is 0 Å². The van der Waals surface area contributed by atoms with E-state index >= 15 is 0 Å².